The Morgan fingerprint density at radius 3 is 2.50 bits per heavy atom. The maximum Gasteiger partial charge on any atom is 0.231 e. The Morgan fingerprint density at radius 2 is 1.83 bits per heavy atom. The normalized spacial score (nSPS) is 25.4. The van der Waals surface area contributed by atoms with E-state index in [1.165, 1.54) is 0 Å². The Hall–Kier alpha value is -1.92. The topological polar surface area (TPSA) is 75.9 Å². The van der Waals surface area contributed by atoms with Crippen molar-refractivity contribution < 1.29 is 14.3 Å². The summed E-state index contributed by atoms with van der Waals surface area (Å²) in [5, 5.41) is 0. The number of primary amides is 1. The van der Waals surface area contributed by atoms with Crippen LogP contribution in [-0.4, -0.2) is 60.9 Å². The summed E-state index contributed by atoms with van der Waals surface area (Å²) in [6.07, 6.45) is 1.62. The Morgan fingerprint density at radius 1 is 1.12 bits per heavy atom. The molecule has 0 saturated carbocycles. The third-order valence-electron chi connectivity index (χ3n) is 4.83. The molecule has 130 valence electrons. The van der Waals surface area contributed by atoms with E-state index in [4.69, 9.17) is 10.5 Å². The van der Waals surface area contributed by atoms with Gasteiger partial charge in [-0.05, 0) is 18.4 Å². The highest BCUT2D eigenvalue weighted by atomic mass is 16.5. The minimum Gasteiger partial charge on any atom is -0.373 e. The summed E-state index contributed by atoms with van der Waals surface area (Å²) in [5.41, 5.74) is 6.31. The number of hydrogen-bond donors (Lipinski definition) is 1. The van der Waals surface area contributed by atoms with Gasteiger partial charge in [-0.3, -0.25) is 14.5 Å². The van der Waals surface area contributed by atoms with E-state index >= 15 is 0 Å². The second kappa shape index (κ2) is 7.77. The number of benzene rings is 1. The molecule has 1 aromatic carbocycles. The number of ether oxygens (including phenoxy) is 1. The number of nitrogens with two attached hydrogens (primary N) is 1. The first kappa shape index (κ1) is 16.9. The number of piperazine rings is 1. The van der Waals surface area contributed by atoms with Gasteiger partial charge in [-0.15, -0.1) is 0 Å². The highest BCUT2D eigenvalue weighted by Crippen LogP contribution is 2.35. The number of nitrogens with zero attached hydrogens (tertiary/aromatic N) is 2. The molecule has 2 atom stereocenters. The van der Waals surface area contributed by atoms with Crippen LogP contribution in [-0.2, 0) is 14.3 Å². The van der Waals surface area contributed by atoms with Crippen molar-refractivity contribution >= 4 is 11.8 Å². The van der Waals surface area contributed by atoms with Gasteiger partial charge in [0.2, 0.25) is 11.8 Å². The van der Waals surface area contributed by atoms with E-state index in [-0.39, 0.29) is 30.4 Å². The zero-order chi connectivity index (χ0) is 16.9. The first-order valence-electron chi connectivity index (χ1n) is 8.61. The van der Waals surface area contributed by atoms with Crippen molar-refractivity contribution in [1.29, 1.82) is 0 Å². The van der Waals surface area contributed by atoms with E-state index in [9.17, 15) is 9.59 Å². The molecule has 2 aliphatic heterocycles. The van der Waals surface area contributed by atoms with E-state index < -0.39 is 0 Å². The molecule has 24 heavy (non-hydrogen) atoms. The van der Waals surface area contributed by atoms with Crippen LogP contribution in [0.15, 0.2) is 30.3 Å². The van der Waals surface area contributed by atoms with E-state index in [1.807, 2.05) is 40.1 Å². The largest absolute Gasteiger partial charge is 0.373 e. The van der Waals surface area contributed by atoms with Crippen molar-refractivity contribution in [2.24, 2.45) is 11.7 Å². The SMILES string of the molecule is NC(=O)CN1CCN(C(=O)[C@H]2CCCO[C@H]2c2ccccc2)CC1. The van der Waals surface area contributed by atoms with Crippen molar-refractivity contribution in [3.8, 4) is 0 Å². The van der Waals surface area contributed by atoms with Crippen LogP contribution in [0.4, 0.5) is 0 Å². The average Bonchev–Trinajstić information content (AvgIpc) is 2.62. The number of amides is 2. The summed E-state index contributed by atoms with van der Waals surface area (Å²) in [7, 11) is 0. The molecule has 6 heteroatoms. The zero-order valence-corrected chi connectivity index (χ0v) is 13.9. The smallest absolute Gasteiger partial charge is 0.231 e. The maximum atomic E-state index is 13.0. The molecule has 0 aliphatic carbocycles. The Kier molecular flexibility index (Phi) is 5.48. The van der Waals surface area contributed by atoms with E-state index in [0.29, 0.717) is 32.8 Å². The third kappa shape index (κ3) is 3.94. The molecule has 2 fully saturated rings. The summed E-state index contributed by atoms with van der Waals surface area (Å²) >= 11 is 0. The second-order valence-electron chi connectivity index (χ2n) is 6.52. The molecule has 6 nitrogen and oxygen atoms in total. The van der Waals surface area contributed by atoms with Crippen LogP contribution in [0.3, 0.4) is 0 Å². The molecule has 3 rings (SSSR count). The summed E-state index contributed by atoms with van der Waals surface area (Å²) in [6, 6.07) is 10.00. The fraction of sp³-hybridized carbons (Fsp3) is 0.556. The highest BCUT2D eigenvalue weighted by molar-refractivity contribution is 5.80. The first-order chi connectivity index (χ1) is 11.6. The summed E-state index contributed by atoms with van der Waals surface area (Å²) in [6.45, 7) is 3.64. The fourth-order valence-corrected chi connectivity index (χ4v) is 3.59. The van der Waals surface area contributed by atoms with Crippen molar-refractivity contribution in [2.45, 2.75) is 18.9 Å². The number of carbonyl (C=O) groups excluding carboxylic acids is 2. The highest BCUT2D eigenvalue weighted by Gasteiger charge is 2.36. The van der Waals surface area contributed by atoms with Gasteiger partial charge >= 0.3 is 0 Å². The summed E-state index contributed by atoms with van der Waals surface area (Å²) in [5.74, 6) is -0.272. The van der Waals surface area contributed by atoms with Gasteiger partial charge in [-0.1, -0.05) is 30.3 Å². The molecular formula is C18H25N3O3. The molecule has 1 aromatic rings. The Labute approximate surface area is 142 Å². The van der Waals surface area contributed by atoms with Crippen LogP contribution in [0.5, 0.6) is 0 Å². The van der Waals surface area contributed by atoms with Crippen LogP contribution < -0.4 is 5.73 Å². The predicted octanol–water partition coefficient (Wildman–Crippen LogP) is 0.784. The van der Waals surface area contributed by atoms with Crippen LogP contribution in [0.2, 0.25) is 0 Å². The molecular weight excluding hydrogens is 306 g/mol. The lowest BCUT2D eigenvalue weighted by atomic mass is 9.88. The van der Waals surface area contributed by atoms with Gasteiger partial charge < -0.3 is 15.4 Å². The Bertz CT molecular complexity index is 570. The average molecular weight is 331 g/mol. The minimum atomic E-state index is -0.320. The van der Waals surface area contributed by atoms with Gasteiger partial charge in [-0.25, -0.2) is 0 Å². The Balaban J connectivity index is 1.64. The molecule has 0 bridgehead atoms. The van der Waals surface area contributed by atoms with E-state index in [1.54, 1.807) is 0 Å². The molecule has 2 aliphatic rings. The van der Waals surface area contributed by atoms with Gasteiger partial charge in [-0.2, -0.15) is 0 Å². The molecule has 0 spiro atoms. The zero-order valence-electron chi connectivity index (χ0n) is 13.9. The minimum absolute atomic E-state index is 0.121. The van der Waals surface area contributed by atoms with Crippen molar-refractivity contribution in [1.82, 2.24) is 9.80 Å². The molecule has 0 unspecified atom stereocenters. The molecule has 2 N–H and O–H groups in total. The number of hydrogen-bond acceptors (Lipinski definition) is 4. The number of rotatable bonds is 4. The second-order valence-corrected chi connectivity index (χ2v) is 6.52. The third-order valence-corrected chi connectivity index (χ3v) is 4.83. The van der Waals surface area contributed by atoms with Gasteiger partial charge in [0.1, 0.15) is 0 Å². The van der Waals surface area contributed by atoms with Gasteiger partial charge in [0.15, 0.2) is 0 Å². The standard InChI is InChI=1S/C18H25N3O3/c19-16(22)13-20-8-10-21(11-9-20)18(23)15-7-4-12-24-17(15)14-5-2-1-3-6-14/h1-3,5-6,15,17H,4,7-13H2,(H2,19,22)/t15-,17-/m0/s1. The maximum absolute atomic E-state index is 13.0. The molecule has 2 saturated heterocycles. The molecule has 2 heterocycles. The molecule has 2 amide bonds. The molecule has 0 radical (unpaired) electrons. The monoisotopic (exact) mass is 331 g/mol. The summed E-state index contributed by atoms with van der Waals surface area (Å²) < 4.78 is 5.94. The van der Waals surface area contributed by atoms with Gasteiger partial charge in [0.05, 0.1) is 18.6 Å². The lowest BCUT2D eigenvalue weighted by Crippen LogP contribution is -2.52. The lowest BCUT2D eigenvalue weighted by molar-refractivity contribution is -0.147. The van der Waals surface area contributed by atoms with E-state index in [2.05, 4.69) is 0 Å². The predicted molar refractivity (Wildman–Crippen MR) is 90.1 cm³/mol. The first-order valence-corrected chi connectivity index (χ1v) is 8.61. The van der Waals surface area contributed by atoms with Crippen LogP contribution >= 0.6 is 0 Å². The van der Waals surface area contributed by atoms with Gasteiger partial charge in [0.25, 0.3) is 0 Å². The summed E-state index contributed by atoms with van der Waals surface area (Å²) in [4.78, 5) is 27.9. The van der Waals surface area contributed by atoms with E-state index in [0.717, 1.165) is 18.4 Å². The van der Waals surface area contributed by atoms with Crippen molar-refractivity contribution in [3.05, 3.63) is 35.9 Å². The lowest BCUT2D eigenvalue weighted by Gasteiger charge is -2.39. The number of carbonyl (C=O) groups is 2. The quantitative estimate of drug-likeness (QED) is 0.885. The fourth-order valence-electron chi connectivity index (χ4n) is 3.59. The van der Waals surface area contributed by atoms with Crippen molar-refractivity contribution in [3.63, 3.8) is 0 Å². The van der Waals surface area contributed by atoms with Crippen LogP contribution in [0.25, 0.3) is 0 Å². The van der Waals surface area contributed by atoms with Crippen LogP contribution in [0, 0.1) is 5.92 Å². The molecule has 0 aromatic heterocycles. The van der Waals surface area contributed by atoms with Gasteiger partial charge in [0, 0.05) is 32.8 Å². The van der Waals surface area contributed by atoms with Crippen molar-refractivity contribution in [2.75, 3.05) is 39.3 Å². The van der Waals surface area contributed by atoms with Crippen LogP contribution in [0.1, 0.15) is 24.5 Å².